The molecule has 4 aromatic rings. The second-order valence-electron chi connectivity index (χ2n) is 8.84. The summed E-state index contributed by atoms with van der Waals surface area (Å²) in [6, 6.07) is 24.2. The summed E-state index contributed by atoms with van der Waals surface area (Å²) in [5, 5.41) is 24.0. The minimum absolute atomic E-state index is 0.0723. The third-order valence-electron chi connectivity index (χ3n) is 6.56. The van der Waals surface area contributed by atoms with E-state index in [9.17, 15) is 20.0 Å². The number of phenols is 1. The van der Waals surface area contributed by atoms with Crippen molar-refractivity contribution < 1.29 is 14.8 Å². The standard InChI is InChI=1S/C27H22N2O4/c1-27(2)21-9-5-6-10-22(21)28(26(31)18-11-14-19(15-12-18)29(32)33)25(27)24-20-8-4-3-7-17(20)13-16-23(24)30/h3-16,25,30H,1-2H3/t25-/m0/s1. The molecule has 0 saturated carbocycles. The van der Waals surface area contributed by atoms with Gasteiger partial charge >= 0.3 is 0 Å². The Labute approximate surface area is 190 Å². The number of carbonyl (C=O) groups excluding carboxylic acids is 1. The molecule has 1 aliphatic rings. The van der Waals surface area contributed by atoms with Crippen LogP contribution in [-0.2, 0) is 5.41 Å². The molecule has 1 aliphatic heterocycles. The predicted molar refractivity (Wildman–Crippen MR) is 128 cm³/mol. The Morgan fingerprint density at radius 3 is 2.33 bits per heavy atom. The van der Waals surface area contributed by atoms with E-state index in [2.05, 4.69) is 13.8 Å². The Bertz CT molecular complexity index is 1410. The summed E-state index contributed by atoms with van der Waals surface area (Å²) in [6.07, 6.45) is 0. The van der Waals surface area contributed by atoms with Gasteiger partial charge in [-0.1, -0.05) is 62.4 Å². The molecule has 5 rings (SSSR count). The van der Waals surface area contributed by atoms with E-state index in [0.717, 1.165) is 22.0 Å². The summed E-state index contributed by atoms with van der Waals surface area (Å²) in [4.78, 5) is 26.2. The number of amides is 1. The minimum Gasteiger partial charge on any atom is -0.508 e. The summed E-state index contributed by atoms with van der Waals surface area (Å²) in [7, 11) is 0. The average molecular weight is 438 g/mol. The lowest BCUT2D eigenvalue weighted by Crippen LogP contribution is -2.38. The molecule has 0 saturated heterocycles. The Morgan fingerprint density at radius 1 is 0.939 bits per heavy atom. The van der Waals surface area contributed by atoms with Gasteiger partial charge in [-0.3, -0.25) is 19.8 Å². The maximum Gasteiger partial charge on any atom is 0.269 e. The number of hydrogen-bond acceptors (Lipinski definition) is 4. The number of para-hydroxylation sites is 1. The van der Waals surface area contributed by atoms with Crippen molar-refractivity contribution in [1.29, 1.82) is 0 Å². The minimum atomic E-state index is -0.505. The fraction of sp³-hybridized carbons (Fsp3) is 0.148. The number of anilines is 1. The summed E-state index contributed by atoms with van der Waals surface area (Å²) >= 11 is 0. The molecule has 0 aromatic heterocycles. The van der Waals surface area contributed by atoms with Crippen LogP contribution in [-0.4, -0.2) is 15.9 Å². The summed E-state index contributed by atoms with van der Waals surface area (Å²) in [5.74, 6) is -0.152. The molecular formula is C27H22N2O4. The molecular weight excluding hydrogens is 416 g/mol. The normalized spacial score (nSPS) is 16.5. The van der Waals surface area contributed by atoms with E-state index in [1.807, 2.05) is 54.6 Å². The van der Waals surface area contributed by atoms with E-state index in [4.69, 9.17) is 0 Å². The monoisotopic (exact) mass is 438 g/mol. The van der Waals surface area contributed by atoms with Crippen LogP contribution < -0.4 is 4.90 Å². The molecule has 1 amide bonds. The topological polar surface area (TPSA) is 83.7 Å². The number of non-ortho nitro benzene ring substituents is 1. The highest BCUT2D eigenvalue weighted by molar-refractivity contribution is 6.09. The van der Waals surface area contributed by atoms with Crippen molar-refractivity contribution >= 4 is 28.1 Å². The van der Waals surface area contributed by atoms with Crippen LogP contribution in [0.1, 0.15) is 41.4 Å². The Kier molecular flexibility index (Phi) is 4.67. The number of fused-ring (bicyclic) bond motifs is 2. The van der Waals surface area contributed by atoms with Gasteiger partial charge in [-0.25, -0.2) is 0 Å². The van der Waals surface area contributed by atoms with E-state index in [1.165, 1.54) is 24.3 Å². The summed E-state index contributed by atoms with van der Waals surface area (Å²) < 4.78 is 0. The van der Waals surface area contributed by atoms with Crippen molar-refractivity contribution in [1.82, 2.24) is 0 Å². The van der Waals surface area contributed by atoms with Crippen molar-refractivity contribution in [3.63, 3.8) is 0 Å². The van der Waals surface area contributed by atoms with Crippen LogP contribution in [0.5, 0.6) is 5.75 Å². The van der Waals surface area contributed by atoms with Gasteiger partial charge in [0.25, 0.3) is 11.6 Å². The summed E-state index contributed by atoms with van der Waals surface area (Å²) in [5.41, 5.74) is 2.22. The van der Waals surface area contributed by atoms with Crippen LogP contribution in [0.25, 0.3) is 10.8 Å². The first-order chi connectivity index (χ1) is 15.8. The zero-order chi connectivity index (χ0) is 23.3. The van der Waals surface area contributed by atoms with Gasteiger partial charge in [-0.15, -0.1) is 0 Å². The number of nitro benzene ring substituents is 1. The first kappa shape index (κ1) is 20.7. The Morgan fingerprint density at radius 2 is 1.61 bits per heavy atom. The van der Waals surface area contributed by atoms with E-state index in [1.54, 1.807) is 11.0 Å². The zero-order valence-corrected chi connectivity index (χ0v) is 18.2. The predicted octanol–water partition coefficient (Wildman–Crippen LogP) is 6.13. The Balaban J connectivity index is 1.74. The number of rotatable bonds is 3. The lowest BCUT2D eigenvalue weighted by molar-refractivity contribution is -0.384. The Hall–Kier alpha value is -4.19. The molecule has 0 aliphatic carbocycles. The number of carbonyl (C=O) groups is 1. The van der Waals surface area contributed by atoms with E-state index in [0.29, 0.717) is 11.1 Å². The van der Waals surface area contributed by atoms with Crippen LogP contribution in [0.15, 0.2) is 84.9 Å². The molecule has 1 atom stereocenters. The lowest BCUT2D eigenvalue weighted by atomic mass is 9.76. The second-order valence-corrected chi connectivity index (χ2v) is 8.84. The van der Waals surface area contributed by atoms with Gasteiger partial charge in [0.2, 0.25) is 0 Å². The average Bonchev–Trinajstić information content (AvgIpc) is 3.05. The number of aromatic hydroxyl groups is 1. The number of nitrogens with zero attached hydrogens (tertiary/aromatic N) is 2. The molecule has 33 heavy (non-hydrogen) atoms. The number of hydrogen-bond donors (Lipinski definition) is 1. The SMILES string of the molecule is CC1(C)c2ccccc2N(C(=O)c2ccc([N+](=O)[O-])cc2)[C@H]1c1c(O)ccc2ccccc12. The van der Waals surface area contributed by atoms with Crippen molar-refractivity contribution in [3.05, 3.63) is 112 Å². The van der Waals surface area contributed by atoms with Crippen molar-refractivity contribution in [2.75, 3.05) is 4.90 Å². The van der Waals surface area contributed by atoms with Crippen LogP contribution in [0.3, 0.4) is 0 Å². The molecule has 1 N–H and O–H groups in total. The van der Waals surface area contributed by atoms with E-state index in [-0.39, 0.29) is 17.3 Å². The quantitative estimate of drug-likeness (QED) is 0.308. The van der Waals surface area contributed by atoms with Crippen LogP contribution >= 0.6 is 0 Å². The van der Waals surface area contributed by atoms with Crippen molar-refractivity contribution in [2.45, 2.75) is 25.3 Å². The van der Waals surface area contributed by atoms with Gasteiger partial charge in [0.05, 0.1) is 11.0 Å². The van der Waals surface area contributed by atoms with Gasteiger partial charge in [0, 0.05) is 34.4 Å². The van der Waals surface area contributed by atoms with Crippen LogP contribution in [0, 0.1) is 10.1 Å². The molecule has 1 heterocycles. The first-order valence-corrected chi connectivity index (χ1v) is 10.7. The van der Waals surface area contributed by atoms with Gasteiger partial charge in [0.15, 0.2) is 0 Å². The maximum atomic E-state index is 13.9. The zero-order valence-electron chi connectivity index (χ0n) is 18.2. The maximum absolute atomic E-state index is 13.9. The van der Waals surface area contributed by atoms with E-state index >= 15 is 0 Å². The summed E-state index contributed by atoms with van der Waals surface area (Å²) in [6.45, 7) is 4.14. The lowest BCUT2D eigenvalue weighted by Gasteiger charge is -2.35. The number of benzene rings is 4. The highest BCUT2D eigenvalue weighted by atomic mass is 16.6. The molecule has 6 heteroatoms. The molecule has 4 aromatic carbocycles. The smallest absolute Gasteiger partial charge is 0.269 e. The van der Waals surface area contributed by atoms with Crippen molar-refractivity contribution in [3.8, 4) is 5.75 Å². The molecule has 0 spiro atoms. The van der Waals surface area contributed by atoms with Gasteiger partial charge in [-0.2, -0.15) is 0 Å². The highest BCUT2D eigenvalue weighted by Crippen LogP contribution is 2.55. The van der Waals surface area contributed by atoms with Crippen molar-refractivity contribution in [2.24, 2.45) is 0 Å². The van der Waals surface area contributed by atoms with E-state index < -0.39 is 16.4 Å². The second kappa shape index (κ2) is 7.45. The number of nitro groups is 1. The first-order valence-electron chi connectivity index (χ1n) is 10.7. The highest BCUT2D eigenvalue weighted by Gasteiger charge is 2.49. The van der Waals surface area contributed by atoms with Gasteiger partial charge in [0.1, 0.15) is 5.75 Å². The third-order valence-corrected chi connectivity index (χ3v) is 6.56. The number of phenolic OH excluding ortho intramolecular Hbond substituents is 1. The fourth-order valence-electron chi connectivity index (χ4n) is 4.99. The largest absolute Gasteiger partial charge is 0.508 e. The fourth-order valence-corrected chi connectivity index (χ4v) is 4.99. The molecule has 0 fully saturated rings. The molecule has 0 unspecified atom stereocenters. The molecule has 6 nitrogen and oxygen atoms in total. The molecule has 0 bridgehead atoms. The van der Waals surface area contributed by atoms with Gasteiger partial charge < -0.3 is 5.11 Å². The van der Waals surface area contributed by atoms with Crippen LogP contribution in [0.4, 0.5) is 11.4 Å². The molecule has 164 valence electrons. The third kappa shape index (κ3) is 3.14. The van der Waals surface area contributed by atoms with Crippen LogP contribution in [0.2, 0.25) is 0 Å². The van der Waals surface area contributed by atoms with Gasteiger partial charge in [-0.05, 0) is 40.6 Å². The molecule has 0 radical (unpaired) electrons.